The largest absolute Gasteiger partial charge is 0.507 e. The minimum Gasteiger partial charge on any atom is -0.507 e. The fourth-order valence-corrected chi connectivity index (χ4v) is 7.17. The molecule has 0 spiro atoms. The van der Waals surface area contributed by atoms with Gasteiger partial charge in [-0.15, -0.1) is 23.5 Å². The normalized spacial score (nSPS) is 19.1. The molecule has 3 rings (SSSR count). The zero-order valence-electron chi connectivity index (χ0n) is 21.5. The van der Waals surface area contributed by atoms with Gasteiger partial charge in [0.25, 0.3) is 0 Å². The number of hydrogen-bond donors (Lipinski definition) is 2. The van der Waals surface area contributed by atoms with Crippen LogP contribution in [-0.4, -0.2) is 32.3 Å². The molecule has 2 aromatic rings. The molecule has 1 saturated carbocycles. The van der Waals surface area contributed by atoms with Gasteiger partial charge in [0.2, 0.25) is 5.91 Å². The summed E-state index contributed by atoms with van der Waals surface area (Å²) in [7, 11) is 0. The molecule has 2 N–H and O–H groups in total. The highest BCUT2D eigenvalue weighted by Gasteiger charge is 2.30. The Labute approximate surface area is 214 Å². The molecule has 1 aromatic carbocycles. The van der Waals surface area contributed by atoms with E-state index < -0.39 is 0 Å². The molecule has 0 saturated heterocycles. The van der Waals surface area contributed by atoms with Gasteiger partial charge in [-0.1, -0.05) is 60.5 Å². The first kappa shape index (κ1) is 26.9. The van der Waals surface area contributed by atoms with E-state index in [2.05, 4.69) is 64.0 Å². The van der Waals surface area contributed by atoms with Gasteiger partial charge in [0.05, 0.1) is 5.75 Å². The number of pyridine rings is 1. The lowest BCUT2D eigenvalue weighted by Crippen LogP contribution is -2.29. The first-order valence-corrected chi connectivity index (χ1v) is 14.2. The van der Waals surface area contributed by atoms with E-state index in [-0.39, 0.29) is 16.7 Å². The molecule has 4 nitrogen and oxygen atoms in total. The maximum atomic E-state index is 12.5. The summed E-state index contributed by atoms with van der Waals surface area (Å²) in [4.78, 5) is 17.8. The smallest absolute Gasteiger partial charge is 0.230 e. The molecule has 0 bridgehead atoms. The van der Waals surface area contributed by atoms with Crippen molar-refractivity contribution in [3.05, 3.63) is 53.3 Å². The first-order valence-electron chi connectivity index (χ1n) is 12.3. The Morgan fingerprint density at radius 1 is 1.06 bits per heavy atom. The topological polar surface area (TPSA) is 62.2 Å². The van der Waals surface area contributed by atoms with Crippen LogP contribution in [0, 0.1) is 0 Å². The Morgan fingerprint density at radius 3 is 2.24 bits per heavy atom. The van der Waals surface area contributed by atoms with E-state index >= 15 is 0 Å². The van der Waals surface area contributed by atoms with Crippen LogP contribution in [0.5, 0.6) is 5.75 Å². The van der Waals surface area contributed by atoms with Crippen LogP contribution < -0.4 is 5.32 Å². The Balaban J connectivity index is 1.69. The molecule has 186 valence electrons. The third kappa shape index (κ3) is 7.42. The van der Waals surface area contributed by atoms with Crippen LogP contribution in [0.25, 0.3) is 0 Å². The van der Waals surface area contributed by atoms with Gasteiger partial charge in [-0.25, -0.2) is 0 Å². The van der Waals surface area contributed by atoms with Gasteiger partial charge < -0.3 is 10.4 Å². The monoisotopic (exact) mass is 500 g/mol. The molecule has 1 fully saturated rings. The van der Waals surface area contributed by atoms with E-state index in [1.807, 2.05) is 23.9 Å². The zero-order valence-corrected chi connectivity index (χ0v) is 23.1. The number of hydrogen-bond acceptors (Lipinski definition) is 5. The second kappa shape index (κ2) is 11.4. The van der Waals surface area contributed by atoms with Gasteiger partial charge in [-0.05, 0) is 47.4 Å². The Hall–Kier alpha value is -1.66. The molecule has 2 unspecified atom stereocenters. The van der Waals surface area contributed by atoms with Crippen LogP contribution in [0.1, 0.15) is 83.9 Å². The average Bonchev–Trinajstić information content (AvgIpc) is 2.77. The highest BCUT2D eigenvalue weighted by Crippen LogP contribution is 2.45. The zero-order chi connectivity index (χ0) is 24.9. The molecule has 2 atom stereocenters. The Bertz CT molecular complexity index is 930. The van der Waals surface area contributed by atoms with Crippen LogP contribution in [-0.2, 0) is 22.2 Å². The summed E-state index contributed by atoms with van der Waals surface area (Å²) in [5.41, 5.74) is 2.78. The van der Waals surface area contributed by atoms with E-state index in [1.165, 1.54) is 17.7 Å². The maximum absolute atomic E-state index is 12.5. The van der Waals surface area contributed by atoms with Crippen molar-refractivity contribution < 1.29 is 9.90 Å². The van der Waals surface area contributed by atoms with Crippen molar-refractivity contribution in [2.24, 2.45) is 0 Å². The van der Waals surface area contributed by atoms with E-state index in [0.717, 1.165) is 29.5 Å². The molecule has 1 amide bonds. The molecule has 0 radical (unpaired) electrons. The average molecular weight is 501 g/mol. The summed E-state index contributed by atoms with van der Waals surface area (Å²) in [5, 5.41) is 15.0. The SMILES string of the molecule is CC(C)(C)c1cc(SC2CCCCC2SCC(=O)NCc2cccnc2)cc(C(C)(C)C)c1O. The number of phenolic OH excluding ortho intramolecular Hbond substituents is 1. The van der Waals surface area contributed by atoms with E-state index in [0.29, 0.717) is 28.5 Å². The van der Waals surface area contributed by atoms with Gasteiger partial charge in [-0.2, -0.15) is 0 Å². The molecule has 0 aliphatic heterocycles. The third-order valence-electron chi connectivity index (χ3n) is 6.27. The molecule has 1 aromatic heterocycles. The van der Waals surface area contributed by atoms with Crippen molar-refractivity contribution in [3.8, 4) is 5.75 Å². The fraction of sp³-hybridized carbons (Fsp3) is 0.571. The number of nitrogens with one attached hydrogen (secondary N) is 1. The van der Waals surface area contributed by atoms with Crippen LogP contribution in [0.4, 0.5) is 0 Å². The quantitative estimate of drug-likeness (QED) is 0.436. The molecule has 6 heteroatoms. The second-order valence-corrected chi connectivity index (χ2v) is 13.8. The Morgan fingerprint density at radius 2 is 1.68 bits per heavy atom. The molecular weight excluding hydrogens is 460 g/mol. The summed E-state index contributed by atoms with van der Waals surface area (Å²) in [6.07, 6.45) is 8.30. The van der Waals surface area contributed by atoms with Gasteiger partial charge >= 0.3 is 0 Å². The number of amides is 1. The van der Waals surface area contributed by atoms with Gasteiger partial charge in [-0.3, -0.25) is 9.78 Å². The van der Waals surface area contributed by atoms with Crippen molar-refractivity contribution >= 4 is 29.4 Å². The van der Waals surface area contributed by atoms with Gasteiger partial charge in [0.1, 0.15) is 5.75 Å². The van der Waals surface area contributed by atoms with Gasteiger partial charge in [0, 0.05) is 45.5 Å². The van der Waals surface area contributed by atoms with E-state index in [4.69, 9.17) is 0 Å². The standard InChI is InChI=1S/C28H40N2O2S2/c1-27(2,3)21-14-20(15-22(26(21)32)28(4,5)6)34-24-12-8-7-11-23(24)33-18-25(31)30-17-19-10-9-13-29-16-19/h9-10,13-16,23-24,32H,7-8,11-12,17-18H2,1-6H3,(H,30,31). The van der Waals surface area contributed by atoms with Crippen LogP contribution in [0.2, 0.25) is 0 Å². The molecule has 34 heavy (non-hydrogen) atoms. The highest BCUT2D eigenvalue weighted by molar-refractivity contribution is 8.04. The number of benzene rings is 1. The summed E-state index contributed by atoms with van der Waals surface area (Å²) < 4.78 is 0. The predicted molar refractivity (Wildman–Crippen MR) is 146 cm³/mol. The molecule has 1 aliphatic rings. The third-order valence-corrected chi connectivity index (χ3v) is 9.24. The lowest BCUT2D eigenvalue weighted by Gasteiger charge is -2.32. The van der Waals surface area contributed by atoms with Crippen molar-refractivity contribution in [2.45, 2.75) is 100.0 Å². The molecule has 1 heterocycles. The van der Waals surface area contributed by atoms with Crippen molar-refractivity contribution in [2.75, 3.05) is 5.75 Å². The van der Waals surface area contributed by atoms with E-state index in [1.54, 1.807) is 24.2 Å². The summed E-state index contributed by atoms with van der Waals surface area (Å²) >= 11 is 3.72. The van der Waals surface area contributed by atoms with Crippen LogP contribution >= 0.6 is 23.5 Å². The number of carbonyl (C=O) groups is 1. The van der Waals surface area contributed by atoms with Crippen molar-refractivity contribution in [1.29, 1.82) is 0 Å². The first-order chi connectivity index (χ1) is 15.9. The minimum atomic E-state index is -0.131. The van der Waals surface area contributed by atoms with Crippen molar-refractivity contribution in [1.82, 2.24) is 10.3 Å². The number of carbonyl (C=O) groups excluding carboxylic acids is 1. The predicted octanol–water partition coefficient (Wildman–Crippen LogP) is 6.84. The number of phenols is 1. The summed E-state index contributed by atoms with van der Waals surface area (Å²) in [6.45, 7) is 13.5. The van der Waals surface area contributed by atoms with Crippen molar-refractivity contribution in [3.63, 3.8) is 0 Å². The molecular formula is C28H40N2O2S2. The van der Waals surface area contributed by atoms with Crippen LogP contribution in [0.3, 0.4) is 0 Å². The lowest BCUT2D eigenvalue weighted by atomic mass is 9.79. The number of aromatic nitrogens is 1. The minimum absolute atomic E-state index is 0.0813. The molecule has 1 aliphatic carbocycles. The number of thioether (sulfide) groups is 2. The number of nitrogens with zero attached hydrogens (tertiary/aromatic N) is 1. The highest BCUT2D eigenvalue weighted by atomic mass is 32.2. The summed E-state index contributed by atoms with van der Waals surface area (Å²) in [6, 6.07) is 8.24. The second-order valence-electron chi connectivity index (χ2n) is 11.3. The Kier molecular flexibility index (Phi) is 9.02. The number of rotatable bonds is 7. The fourth-order valence-electron chi connectivity index (χ4n) is 4.32. The van der Waals surface area contributed by atoms with Crippen LogP contribution in [0.15, 0.2) is 41.6 Å². The van der Waals surface area contributed by atoms with E-state index in [9.17, 15) is 9.90 Å². The van der Waals surface area contributed by atoms with Gasteiger partial charge in [0.15, 0.2) is 0 Å². The number of aromatic hydroxyl groups is 1. The summed E-state index contributed by atoms with van der Waals surface area (Å²) in [5.74, 6) is 1.000. The lowest BCUT2D eigenvalue weighted by molar-refractivity contribution is -0.118. The maximum Gasteiger partial charge on any atom is 0.230 e.